The van der Waals surface area contributed by atoms with Crippen molar-refractivity contribution in [2.45, 2.75) is 58.2 Å². The maximum atomic E-state index is 5.77. The van der Waals surface area contributed by atoms with Gasteiger partial charge in [0.25, 0.3) is 0 Å². The third-order valence-corrected chi connectivity index (χ3v) is 3.69. The highest BCUT2D eigenvalue weighted by molar-refractivity contribution is 4.85. The molecule has 2 fully saturated rings. The number of hydrogen-bond acceptors (Lipinski definition) is 4. The van der Waals surface area contributed by atoms with E-state index in [1.165, 1.54) is 0 Å². The molecule has 2 aliphatic heterocycles. The van der Waals surface area contributed by atoms with E-state index in [1.54, 1.807) is 0 Å². The zero-order valence-electron chi connectivity index (χ0n) is 10.5. The summed E-state index contributed by atoms with van der Waals surface area (Å²) in [5.74, 6) is 0.355. The Morgan fingerprint density at radius 2 is 1.44 bits per heavy atom. The SMILES string of the molecule is CCC1COC(C(C)C2NC(CC)CO2)N1. The van der Waals surface area contributed by atoms with Crippen LogP contribution in [0.3, 0.4) is 0 Å². The first kappa shape index (κ1) is 12.3. The van der Waals surface area contributed by atoms with Crippen LogP contribution in [0, 0.1) is 5.92 Å². The largest absolute Gasteiger partial charge is 0.361 e. The minimum absolute atomic E-state index is 0.137. The maximum Gasteiger partial charge on any atom is 0.114 e. The summed E-state index contributed by atoms with van der Waals surface area (Å²) in [6.07, 6.45) is 2.52. The van der Waals surface area contributed by atoms with Gasteiger partial charge in [-0.2, -0.15) is 0 Å². The molecule has 2 rings (SSSR count). The molecule has 0 spiro atoms. The van der Waals surface area contributed by atoms with Gasteiger partial charge in [0, 0.05) is 18.0 Å². The van der Waals surface area contributed by atoms with E-state index < -0.39 is 0 Å². The van der Waals surface area contributed by atoms with E-state index in [0.29, 0.717) is 18.0 Å². The Morgan fingerprint density at radius 3 is 1.75 bits per heavy atom. The predicted molar refractivity (Wildman–Crippen MR) is 63.1 cm³/mol. The van der Waals surface area contributed by atoms with Crippen LogP contribution in [0.2, 0.25) is 0 Å². The van der Waals surface area contributed by atoms with Crippen LogP contribution in [0.5, 0.6) is 0 Å². The molecule has 2 N–H and O–H groups in total. The molecule has 0 aliphatic carbocycles. The Hall–Kier alpha value is -0.160. The second-order valence-corrected chi connectivity index (χ2v) is 4.91. The van der Waals surface area contributed by atoms with E-state index >= 15 is 0 Å². The van der Waals surface area contributed by atoms with E-state index in [0.717, 1.165) is 26.1 Å². The molecule has 0 amide bonds. The van der Waals surface area contributed by atoms with Crippen molar-refractivity contribution in [3.8, 4) is 0 Å². The topological polar surface area (TPSA) is 42.5 Å². The summed E-state index contributed by atoms with van der Waals surface area (Å²) in [5, 5.41) is 7.02. The fraction of sp³-hybridized carbons (Fsp3) is 1.00. The second kappa shape index (κ2) is 5.45. The van der Waals surface area contributed by atoms with Gasteiger partial charge < -0.3 is 9.47 Å². The van der Waals surface area contributed by atoms with Gasteiger partial charge >= 0.3 is 0 Å². The van der Waals surface area contributed by atoms with Crippen molar-refractivity contribution in [3.63, 3.8) is 0 Å². The third kappa shape index (κ3) is 2.56. The molecule has 0 aromatic rings. The molecule has 2 heterocycles. The Kier molecular flexibility index (Phi) is 4.19. The lowest BCUT2D eigenvalue weighted by Crippen LogP contribution is -2.45. The normalized spacial score (nSPS) is 41.4. The lowest BCUT2D eigenvalue weighted by atomic mass is 10.1. The zero-order valence-corrected chi connectivity index (χ0v) is 10.5. The van der Waals surface area contributed by atoms with Gasteiger partial charge in [-0.15, -0.1) is 0 Å². The summed E-state index contributed by atoms with van der Waals surface area (Å²) in [5.41, 5.74) is 0. The van der Waals surface area contributed by atoms with Crippen LogP contribution < -0.4 is 10.6 Å². The summed E-state index contributed by atoms with van der Waals surface area (Å²) < 4.78 is 11.5. The van der Waals surface area contributed by atoms with Gasteiger partial charge in [-0.05, 0) is 12.8 Å². The molecular formula is C12H24N2O2. The number of hydrogen-bond donors (Lipinski definition) is 2. The van der Waals surface area contributed by atoms with Crippen molar-refractivity contribution in [2.75, 3.05) is 13.2 Å². The van der Waals surface area contributed by atoms with E-state index in [9.17, 15) is 0 Å². The number of nitrogens with one attached hydrogen (secondary N) is 2. The minimum atomic E-state index is 0.137. The minimum Gasteiger partial charge on any atom is -0.361 e. The highest BCUT2D eigenvalue weighted by atomic mass is 16.5. The van der Waals surface area contributed by atoms with E-state index in [2.05, 4.69) is 31.4 Å². The van der Waals surface area contributed by atoms with Crippen LogP contribution in [0.25, 0.3) is 0 Å². The molecule has 0 bridgehead atoms. The van der Waals surface area contributed by atoms with Crippen molar-refractivity contribution >= 4 is 0 Å². The van der Waals surface area contributed by atoms with Gasteiger partial charge in [-0.3, -0.25) is 10.6 Å². The Bertz CT molecular complexity index is 203. The molecule has 16 heavy (non-hydrogen) atoms. The van der Waals surface area contributed by atoms with Crippen molar-refractivity contribution in [3.05, 3.63) is 0 Å². The van der Waals surface area contributed by atoms with Crippen molar-refractivity contribution < 1.29 is 9.47 Å². The Balaban J connectivity index is 1.82. The molecule has 0 radical (unpaired) electrons. The van der Waals surface area contributed by atoms with Gasteiger partial charge in [0.2, 0.25) is 0 Å². The molecule has 2 aliphatic rings. The smallest absolute Gasteiger partial charge is 0.114 e. The molecular weight excluding hydrogens is 204 g/mol. The van der Waals surface area contributed by atoms with Gasteiger partial charge in [-0.1, -0.05) is 20.8 Å². The lowest BCUT2D eigenvalue weighted by Gasteiger charge is -2.25. The first-order chi connectivity index (χ1) is 7.74. The van der Waals surface area contributed by atoms with Gasteiger partial charge in [0.05, 0.1) is 13.2 Å². The second-order valence-electron chi connectivity index (χ2n) is 4.91. The highest BCUT2D eigenvalue weighted by Crippen LogP contribution is 2.21. The molecule has 4 unspecified atom stereocenters. The van der Waals surface area contributed by atoms with Gasteiger partial charge in [0.15, 0.2) is 0 Å². The highest BCUT2D eigenvalue weighted by Gasteiger charge is 2.36. The Morgan fingerprint density at radius 1 is 1.00 bits per heavy atom. The summed E-state index contributed by atoms with van der Waals surface area (Å²) in [4.78, 5) is 0. The number of ether oxygens (including phenoxy) is 2. The summed E-state index contributed by atoms with van der Waals surface area (Å²) in [7, 11) is 0. The van der Waals surface area contributed by atoms with Crippen LogP contribution in [-0.4, -0.2) is 37.8 Å². The van der Waals surface area contributed by atoms with E-state index in [4.69, 9.17) is 9.47 Å². The molecule has 4 atom stereocenters. The first-order valence-corrected chi connectivity index (χ1v) is 6.49. The van der Waals surface area contributed by atoms with Crippen LogP contribution in [0.15, 0.2) is 0 Å². The maximum absolute atomic E-state index is 5.77. The average Bonchev–Trinajstić information content (AvgIpc) is 2.97. The standard InChI is InChI=1S/C12H24N2O2/c1-4-9-6-15-11(13-9)8(3)12-14-10(5-2)7-16-12/h8-14H,4-7H2,1-3H3. The summed E-state index contributed by atoms with van der Waals surface area (Å²) >= 11 is 0. The van der Waals surface area contributed by atoms with Crippen LogP contribution in [0.1, 0.15) is 33.6 Å². The van der Waals surface area contributed by atoms with Crippen LogP contribution >= 0.6 is 0 Å². The molecule has 0 aromatic heterocycles. The fourth-order valence-electron chi connectivity index (χ4n) is 2.33. The molecule has 94 valence electrons. The summed E-state index contributed by atoms with van der Waals surface area (Å²) in [6.45, 7) is 8.22. The summed E-state index contributed by atoms with van der Waals surface area (Å²) in [6, 6.07) is 1.02. The van der Waals surface area contributed by atoms with Crippen molar-refractivity contribution in [1.82, 2.24) is 10.6 Å². The molecule has 4 heteroatoms. The van der Waals surface area contributed by atoms with Gasteiger partial charge in [0.1, 0.15) is 12.5 Å². The Labute approximate surface area is 98.1 Å². The first-order valence-electron chi connectivity index (χ1n) is 6.49. The lowest BCUT2D eigenvalue weighted by molar-refractivity contribution is -0.0246. The zero-order chi connectivity index (χ0) is 11.5. The molecule has 0 saturated carbocycles. The molecule has 4 nitrogen and oxygen atoms in total. The van der Waals surface area contributed by atoms with E-state index in [1.807, 2.05) is 0 Å². The quantitative estimate of drug-likeness (QED) is 0.755. The number of rotatable bonds is 4. The predicted octanol–water partition coefficient (Wildman–Crippen LogP) is 1.07. The van der Waals surface area contributed by atoms with Crippen LogP contribution in [0.4, 0.5) is 0 Å². The van der Waals surface area contributed by atoms with Gasteiger partial charge in [-0.25, -0.2) is 0 Å². The average molecular weight is 228 g/mol. The van der Waals surface area contributed by atoms with Crippen molar-refractivity contribution in [1.29, 1.82) is 0 Å². The molecule has 0 aromatic carbocycles. The monoisotopic (exact) mass is 228 g/mol. The molecule has 2 saturated heterocycles. The third-order valence-electron chi connectivity index (χ3n) is 3.69. The van der Waals surface area contributed by atoms with Crippen LogP contribution in [-0.2, 0) is 9.47 Å². The fourth-order valence-corrected chi connectivity index (χ4v) is 2.33. The van der Waals surface area contributed by atoms with Crippen molar-refractivity contribution in [2.24, 2.45) is 5.92 Å². The van der Waals surface area contributed by atoms with E-state index in [-0.39, 0.29) is 12.5 Å².